The van der Waals surface area contributed by atoms with Gasteiger partial charge in [0.1, 0.15) is 12.4 Å². The lowest BCUT2D eigenvalue weighted by Gasteiger charge is -2.19. The van der Waals surface area contributed by atoms with Crippen LogP contribution in [0.5, 0.6) is 5.75 Å². The zero-order valence-corrected chi connectivity index (χ0v) is 13.8. The monoisotopic (exact) mass is 329 g/mol. The Kier molecular flexibility index (Phi) is 7.42. The second-order valence-corrected chi connectivity index (χ2v) is 5.63. The molecule has 0 saturated heterocycles. The first-order chi connectivity index (χ1) is 9.08. The summed E-state index contributed by atoms with van der Waals surface area (Å²) in [6, 6.07) is 6.44. The third kappa shape index (κ3) is 5.51. The van der Waals surface area contributed by atoms with Crippen LogP contribution < -0.4 is 10.1 Å². The van der Waals surface area contributed by atoms with Gasteiger partial charge in [-0.25, -0.2) is 0 Å². The average molecular weight is 330 g/mol. The van der Waals surface area contributed by atoms with Crippen LogP contribution >= 0.6 is 15.9 Å². The van der Waals surface area contributed by atoms with Crippen LogP contribution in [0.15, 0.2) is 22.7 Å². The molecule has 0 aliphatic heterocycles. The topological polar surface area (TPSA) is 30.5 Å². The van der Waals surface area contributed by atoms with E-state index in [2.05, 4.69) is 41.2 Å². The van der Waals surface area contributed by atoms with Crippen molar-refractivity contribution in [3.8, 4) is 5.75 Å². The van der Waals surface area contributed by atoms with Gasteiger partial charge in [0.15, 0.2) is 0 Å². The maximum absolute atomic E-state index is 5.88. The molecule has 1 rings (SSSR count). The van der Waals surface area contributed by atoms with E-state index in [9.17, 15) is 0 Å². The highest BCUT2D eigenvalue weighted by atomic mass is 79.9. The molecule has 0 radical (unpaired) electrons. The van der Waals surface area contributed by atoms with Crippen LogP contribution in [-0.2, 0) is 4.74 Å². The van der Waals surface area contributed by atoms with Gasteiger partial charge in [-0.1, -0.05) is 28.9 Å². The molecule has 0 spiro atoms. The Bertz CT molecular complexity index is 384. The zero-order chi connectivity index (χ0) is 14.3. The number of nitrogens with one attached hydrogen (secondary N) is 1. The Labute approximate surface area is 124 Å². The second-order valence-electron chi connectivity index (χ2n) is 4.72. The van der Waals surface area contributed by atoms with Gasteiger partial charge >= 0.3 is 0 Å². The molecule has 3 nitrogen and oxygen atoms in total. The number of hydrogen-bond acceptors (Lipinski definition) is 3. The SMILES string of the molecule is CCCNC(C)c1ccc(Br)cc1OCC(C)OC. The maximum atomic E-state index is 5.88. The highest BCUT2D eigenvalue weighted by Crippen LogP contribution is 2.29. The summed E-state index contributed by atoms with van der Waals surface area (Å²) in [5, 5.41) is 3.48. The van der Waals surface area contributed by atoms with E-state index < -0.39 is 0 Å². The fourth-order valence-electron chi connectivity index (χ4n) is 1.74. The smallest absolute Gasteiger partial charge is 0.125 e. The molecule has 0 aromatic heterocycles. The molecule has 0 fully saturated rings. The lowest BCUT2D eigenvalue weighted by Crippen LogP contribution is -2.21. The van der Waals surface area contributed by atoms with Crippen LogP contribution in [0.4, 0.5) is 0 Å². The van der Waals surface area contributed by atoms with Gasteiger partial charge in [0, 0.05) is 23.2 Å². The second kappa shape index (κ2) is 8.56. The van der Waals surface area contributed by atoms with E-state index in [4.69, 9.17) is 9.47 Å². The molecule has 4 heteroatoms. The number of benzene rings is 1. The van der Waals surface area contributed by atoms with Crippen LogP contribution in [0.25, 0.3) is 0 Å². The van der Waals surface area contributed by atoms with Crippen molar-refractivity contribution in [1.82, 2.24) is 5.32 Å². The highest BCUT2D eigenvalue weighted by Gasteiger charge is 2.12. The summed E-state index contributed by atoms with van der Waals surface area (Å²) in [5.74, 6) is 0.911. The molecule has 19 heavy (non-hydrogen) atoms. The minimum absolute atomic E-state index is 0.0886. The van der Waals surface area contributed by atoms with Crippen LogP contribution in [0, 0.1) is 0 Å². The molecule has 0 heterocycles. The van der Waals surface area contributed by atoms with Gasteiger partial charge in [-0.05, 0) is 38.9 Å². The molecule has 2 atom stereocenters. The first-order valence-corrected chi connectivity index (χ1v) is 7.56. The van der Waals surface area contributed by atoms with Crippen LogP contribution in [0.1, 0.15) is 38.8 Å². The Morgan fingerprint density at radius 1 is 1.32 bits per heavy atom. The minimum Gasteiger partial charge on any atom is -0.491 e. The van der Waals surface area contributed by atoms with Gasteiger partial charge in [0.2, 0.25) is 0 Å². The highest BCUT2D eigenvalue weighted by molar-refractivity contribution is 9.10. The number of halogens is 1. The standard InChI is InChI=1S/C15H24BrNO2/c1-5-8-17-12(3)14-7-6-13(16)9-15(14)19-10-11(2)18-4/h6-7,9,11-12,17H,5,8,10H2,1-4H3. The summed E-state index contributed by atoms with van der Waals surface area (Å²) >= 11 is 3.49. The zero-order valence-electron chi connectivity index (χ0n) is 12.2. The summed E-state index contributed by atoms with van der Waals surface area (Å²) in [5.41, 5.74) is 1.18. The van der Waals surface area contributed by atoms with Crippen molar-refractivity contribution < 1.29 is 9.47 Å². The Balaban J connectivity index is 2.78. The molecule has 0 amide bonds. The van der Waals surface area contributed by atoms with Crippen molar-refractivity contribution in [2.24, 2.45) is 0 Å². The predicted molar refractivity (Wildman–Crippen MR) is 82.8 cm³/mol. The van der Waals surface area contributed by atoms with Gasteiger partial charge in [-0.3, -0.25) is 0 Å². The number of methoxy groups -OCH3 is 1. The van der Waals surface area contributed by atoms with E-state index in [1.165, 1.54) is 5.56 Å². The first-order valence-electron chi connectivity index (χ1n) is 6.76. The Morgan fingerprint density at radius 3 is 2.68 bits per heavy atom. The van der Waals surface area contributed by atoms with Crippen molar-refractivity contribution in [3.05, 3.63) is 28.2 Å². The normalized spacial score (nSPS) is 14.2. The van der Waals surface area contributed by atoms with Crippen molar-refractivity contribution in [1.29, 1.82) is 0 Å². The predicted octanol–water partition coefficient (Wildman–Crippen LogP) is 3.92. The van der Waals surface area contributed by atoms with E-state index in [1.807, 2.05) is 19.1 Å². The largest absolute Gasteiger partial charge is 0.491 e. The lowest BCUT2D eigenvalue weighted by molar-refractivity contribution is 0.0711. The Hall–Kier alpha value is -0.580. The van der Waals surface area contributed by atoms with Gasteiger partial charge in [-0.2, -0.15) is 0 Å². The van der Waals surface area contributed by atoms with E-state index in [0.29, 0.717) is 6.61 Å². The van der Waals surface area contributed by atoms with Crippen LogP contribution in [0.2, 0.25) is 0 Å². The van der Waals surface area contributed by atoms with Crippen molar-refractivity contribution in [3.63, 3.8) is 0 Å². The van der Waals surface area contributed by atoms with Crippen LogP contribution in [0.3, 0.4) is 0 Å². The van der Waals surface area contributed by atoms with Crippen LogP contribution in [-0.4, -0.2) is 26.4 Å². The van der Waals surface area contributed by atoms with Gasteiger partial charge in [0.05, 0.1) is 6.10 Å². The summed E-state index contributed by atoms with van der Waals surface area (Å²) in [6.07, 6.45) is 1.21. The fourth-order valence-corrected chi connectivity index (χ4v) is 2.08. The molecular formula is C15H24BrNO2. The summed E-state index contributed by atoms with van der Waals surface area (Å²) in [4.78, 5) is 0. The molecule has 2 unspecified atom stereocenters. The molecule has 1 aromatic rings. The third-order valence-corrected chi connectivity index (χ3v) is 3.51. The molecule has 1 aromatic carbocycles. The molecular weight excluding hydrogens is 306 g/mol. The van der Waals surface area contributed by atoms with Gasteiger partial charge < -0.3 is 14.8 Å². The van der Waals surface area contributed by atoms with E-state index in [-0.39, 0.29) is 12.1 Å². The van der Waals surface area contributed by atoms with E-state index in [1.54, 1.807) is 7.11 Å². The lowest BCUT2D eigenvalue weighted by atomic mass is 10.1. The summed E-state index contributed by atoms with van der Waals surface area (Å²) in [7, 11) is 1.70. The van der Waals surface area contributed by atoms with Crippen molar-refractivity contribution in [2.45, 2.75) is 39.3 Å². The molecule has 1 N–H and O–H groups in total. The Morgan fingerprint density at radius 2 is 2.05 bits per heavy atom. The quantitative estimate of drug-likeness (QED) is 0.784. The maximum Gasteiger partial charge on any atom is 0.125 e. The van der Waals surface area contributed by atoms with E-state index in [0.717, 1.165) is 23.2 Å². The summed E-state index contributed by atoms with van der Waals surface area (Å²) < 4.78 is 12.1. The molecule has 0 aliphatic rings. The number of ether oxygens (including phenoxy) is 2. The fraction of sp³-hybridized carbons (Fsp3) is 0.600. The number of hydrogen-bond donors (Lipinski definition) is 1. The van der Waals surface area contributed by atoms with E-state index >= 15 is 0 Å². The minimum atomic E-state index is 0.0886. The summed E-state index contributed by atoms with van der Waals surface area (Å²) in [6.45, 7) is 7.88. The first kappa shape index (κ1) is 16.5. The molecule has 0 bridgehead atoms. The molecule has 108 valence electrons. The number of rotatable bonds is 8. The van der Waals surface area contributed by atoms with Crippen molar-refractivity contribution >= 4 is 15.9 Å². The van der Waals surface area contributed by atoms with Crippen molar-refractivity contribution in [2.75, 3.05) is 20.3 Å². The molecule has 0 saturated carbocycles. The van der Waals surface area contributed by atoms with Gasteiger partial charge in [0.25, 0.3) is 0 Å². The third-order valence-electron chi connectivity index (χ3n) is 3.02. The van der Waals surface area contributed by atoms with Gasteiger partial charge in [-0.15, -0.1) is 0 Å². The molecule has 0 aliphatic carbocycles. The average Bonchev–Trinajstić information content (AvgIpc) is 2.42.